The maximum Gasteiger partial charge on any atom is 0.227 e. The summed E-state index contributed by atoms with van der Waals surface area (Å²) in [6, 6.07) is 0. The Morgan fingerprint density at radius 2 is 2.47 bits per heavy atom. The van der Waals surface area contributed by atoms with Crippen LogP contribution in [0.25, 0.3) is 0 Å². The van der Waals surface area contributed by atoms with Crippen LogP contribution >= 0.6 is 0 Å². The fourth-order valence-electron chi connectivity index (χ4n) is 2.79. The minimum atomic E-state index is -0.00440. The van der Waals surface area contributed by atoms with E-state index in [9.17, 15) is 4.79 Å². The molecule has 2 N–H and O–H groups in total. The lowest BCUT2D eigenvalue weighted by Gasteiger charge is -2.42. The highest BCUT2D eigenvalue weighted by Crippen LogP contribution is 2.44. The Morgan fingerprint density at radius 1 is 1.67 bits per heavy atom. The quantitative estimate of drug-likeness (QED) is 0.725. The first-order valence-corrected chi connectivity index (χ1v) is 5.78. The predicted molar refractivity (Wildman–Crippen MR) is 58.0 cm³/mol. The molecule has 0 spiro atoms. The van der Waals surface area contributed by atoms with Gasteiger partial charge in [0.1, 0.15) is 0 Å². The van der Waals surface area contributed by atoms with E-state index in [0.717, 1.165) is 25.0 Å². The molecule has 1 heterocycles. The molecule has 0 saturated carbocycles. The molecule has 0 unspecified atom stereocenters. The van der Waals surface area contributed by atoms with Crippen molar-refractivity contribution in [1.82, 2.24) is 5.32 Å². The summed E-state index contributed by atoms with van der Waals surface area (Å²) >= 11 is 0. The first kappa shape index (κ1) is 10.7. The van der Waals surface area contributed by atoms with E-state index in [2.05, 4.69) is 18.3 Å². The summed E-state index contributed by atoms with van der Waals surface area (Å²) in [6.45, 7) is 2.33. The molecule has 15 heavy (non-hydrogen) atoms. The first-order chi connectivity index (χ1) is 7.15. The lowest BCUT2D eigenvalue weighted by Crippen LogP contribution is -2.46. The fourth-order valence-corrected chi connectivity index (χ4v) is 2.79. The van der Waals surface area contributed by atoms with E-state index >= 15 is 0 Å². The van der Waals surface area contributed by atoms with Gasteiger partial charge in [-0.15, -0.1) is 0 Å². The van der Waals surface area contributed by atoms with E-state index in [4.69, 9.17) is 5.11 Å². The van der Waals surface area contributed by atoms with Gasteiger partial charge >= 0.3 is 0 Å². The van der Waals surface area contributed by atoms with Gasteiger partial charge in [0.05, 0.1) is 0 Å². The van der Waals surface area contributed by atoms with Crippen LogP contribution in [0.3, 0.4) is 0 Å². The van der Waals surface area contributed by atoms with Gasteiger partial charge in [-0.25, -0.2) is 0 Å². The van der Waals surface area contributed by atoms with Crippen LogP contribution < -0.4 is 5.32 Å². The molecule has 1 aliphatic heterocycles. The Hall–Kier alpha value is -0.830. The number of amides is 1. The molecule has 0 aromatic carbocycles. The number of aliphatic hydroxyl groups excluding tert-OH is 1. The monoisotopic (exact) mass is 209 g/mol. The van der Waals surface area contributed by atoms with Crippen molar-refractivity contribution in [1.29, 1.82) is 0 Å². The Balaban J connectivity index is 2.16. The molecule has 0 aromatic rings. The molecule has 1 fully saturated rings. The second kappa shape index (κ2) is 3.97. The highest BCUT2D eigenvalue weighted by Gasteiger charge is 2.40. The summed E-state index contributed by atoms with van der Waals surface area (Å²) in [6.07, 6.45) is 7.09. The highest BCUT2D eigenvalue weighted by molar-refractivity contribution is 5.82. The van der Waals surface area contributed by atoms with Crippen LogP contribution in [-0.2, 0) is 4.79 Å². The maximum absolute atomic E-state index is 11.7. The van der Waals surface area contributed by atoms with Crippen molar-refractivity contribution in [2.75, 3.05) is 6.61 Å². The minimum Gasteiger partial charge on any atom is -0.396 e. The van der Waals surface area contributed by atoms with Gasteiger partial charge in [0.15, 0.2) is 0 Å². The van der Waals surface area contributed by atoms with Crippen molar-refractivity contribution in [2.45, 2.75) is 39.0 Å². The number of allylic oxidation sites excluding steroid dienone is 2. The van der Waals surface area contributed by atoms with Crippen molar-refractivity contribution in [3.05, 3.63) is 11.8 Å². The SMILES string of the molecule is C[C@]12CCCC=C1NC(=O)[C@@H](CCO)C2. The lowest BCUT2D eigenvalue weighted by atomic mass is 9.68. The van der Waals surface area contributed by atoms with Crippen LogP contribution in [0.15, 0.2) is 11.8 Å². The van der Waals surface area contributed by atoms with E-state index in [0.29, 0.717) is 6.42 Å². The second-order valence-corrected chi connectivity index (χ2v) is 4.97. The fraction of sp³-hybridized carbons (Fsp3) is 0.750. The van der Waals surface area contributed by atoms with Crippen LogP contribution in [0.1, 0.15) is 39.0 Å². The summed E-state index contributed by atoms with van der Waals surface area (Å²) in [4.78, 5) is 11.7. The van der Waals surface area contributed by atoms with Gasteiger partial charge in [0.25, 0.3) is 0 Å². The largest absolute Gasteiger partial charge is 0.396 e. The third-order valence-electron chi connectivity index (χ3n) is 3.73. The van der Waals surface area contributed by atoms with Gasteiger partial charge in [-0.1, -0.05) is 13.0 Å². The zero-order valence-electron chi connectivity index (χ0n) is 9.25. The van der Waals surface area contributed by atoms with Gasteiger partial charge in [-0.2, -0.15) is 0 Å². The molecule has 1 aliphatic carbocycles. The molecule has 3 nitrogen and oxygen atoms in total. The molecule has 2 rings (SSSR count). The van der Waals surface area contributed by atoms with E-state index in [1.54, 1.807) is 0 Å². The van der Waals surface area contributed by atoms with Gasteiger partial charge in [-0.3, -0.25) is 4.79 Å². The summed E-state index contributed by atoms with van der Waals surface area (Å²) in [7, 11) is 0. The standard InChI is InChI=1S/C12H19NO2/c1-12-6-3-2-4-10(12)13-11(15)9(8-12)5-7-14/h4,9,14H,2-3,5-8H2,1H3,(H,13,15)/t9-,12+/m0/s1. The number of hydrogen-bond donors (Lipinski definition) is 2. The van der Waals surface area contributed by atoms with E-state index in [-0.39, 0.29) is 23.8 Å². The number of piperidine rings is 1. The molecule has 0 aromatic heterocycles. The van der Waals surface area contributed by atoms with Crippen molar-refractivity contribution < 1.29 is 9.90 Å². The molecular formula is C12H19NO2. The molecular weight excluding hydrogens is 190 g/mol. The summed E-state index contributed by atoms with van der Waals surface area (Å²) in [5.74, 6) is 0.0879. The maximum atomic E-state index is 11.7. The van der Waals surface area contributed by atoms with Gasteiger partial charge in [-0.05, 0) is 32.1 Å². The van der Waals surface area contributed by atoms with Crippen LogP contribution in [0, 0.1) is 11.3 Å². The zero-order valence-corrected chi connectivity index (χ0v) is 9.25. The van der Waals surface area contributed by atoms with E-state index in [1.807, 2.05) is 0 Å². The summed E-state index contributed by atoms with van der Waals surface area (Å²) < 4.78 is 0. The number of fused-ring (bicyclic) bond motifs is 1. The number of aliphatic hydroxyl groups is 1. The third kappa shape index (κ3) is 1.93. The smallest absolute Gasteiger partial charge is 0.227 e. The van der Waals surface area contributed by atoms with Gasteiger partial charge in [0.2, 0.25) is 5.91 Å². The first-order valence-electron chi connectivity index (χ1n) is 5.78. The van der Waals surface area contributed by atoms with E-state index in [1.165, 1.54) is 6.42 Å². The Bertz CT molecular complexity index is 298. The number of rotatable bonds is 2. The van der Waals surface area contributed by atoms with Crippen molar-refractivity contribution in [3.8, 4) is 0 Å². The molecule has 2 aliphatic rings. The summed E-state index contributed by atoms with van der Waals surface area (Å²) in [5.41, 5.74) is 1.26. The molecule has 3 heteroatoms. The normalized spacial score (nSPS) is 35.5. The van der Waals surface area contributed by atoms with E-state index < -0.39 is 0 Å². The van der Waals surface area contributed by atoms with Crippen LogP contribution in [0.4, 0.5) is 0 Å². The zero-order chi connectivity index (χ0) is 10.9. The Labute approximate surface area is 90.6 Å². The van der Waals surface area contributed by atoms with Crippen molar-refractivity contribution in [2.24, 2.45) is 11.3 Å². The van der Waals surface area contributed by atoms with Crippen LogP contribution in [0.5, 0.6) is 0 Å². The van der Waals surface area contributed by atoms with Crippen molar-refractivity contribution in [3.63, 3.8) is 0 Å². The average molecular weight is 209 g/mol. The number of carbonyl (C=O) groups is 1. The highest BCUT2D eigenvalue weighted by atomic mass is 16.3. The molecule has 1 amide bonds. The summed E-state index contributed by atoms with van der Waals surface area (Å²) in [5, 5.41) is 11.9. The van der Waals surface area contributed by atoms with Crippen molar-refractivity contribution >= 4 is 5.91 Å². The lowest BCUT2D eigenvalue weighted by molar-refractivity contribution is -0.128. The third-order valence-corrected chi connectivity index (χ3v) is 3.73. The average Bonchev–Trinajstić information content (AvgIpc) is 2.20. The molecule has 0 bridgehead atoms. The minimum absolute atomic E-state index is 0.00440. The molecule has 84 valence electrons. The number of hydrogen-bond acceptors (Lipinski definition) is 2. The van der Waals surface area contributed by atoms with Crippen LogP contribution in [-0.4, -0.2) is 17.6 Å². The predicted octanol–water partition coefficient (Wildman–Crippen LogP) is 1.58. The Morgan fingerprint density at radius 3 is 3.20 bits per heavy atom. The van der Waals surface area contributed by atoms with Crippen LogP contribution in [0.2, 0.25) is 0 Å². The second-order valence-electron chi connectivity index (χ2n) is 4.97. The number of carbonyl (C=O) groups excluding carboxylic acids is 1. The van der Waals surface area contributed by atoms with Gasteiger partial charge in [0, 0.05) is 23.6 Å². The Kier molecular flexibility index (Phi) is 2.83. The number of nitrogens with one attached hydrogen (secondary N) is 1. The topological polar surface area (TPSA) is 49.3 Å². The molecule has 2 atom stereocenters. The molecule has 0 radical (unpaired) electrons. The van der Waals surface area contributed by atoms with Gasteiger partial charge < -0.3 is 10.4 Å². The molecule has 1 saturated heterocycles.